The number of aryl methyl sites for hydroxylation is 1. The molecule has 0 saturated heterocycles. The molecule has 1 amide bonds. The number of carbonyl (C=O) groups excluding carboxylic acids is 1. The molecule has 2 aromatic carbocycles. The molecule has 0 aliphatic heterocycles. The molecule has 0 saturated carbocycles. The van der Waals surface area contributed by atoms with Crippen molar-refractivity contribution < 1.29 is 18.3 Å². The van der Waals surface area contributed by atoms with Crippen molar-refractivity contribution in [2.45, 2.75) is 6.92 Å². The number of aromatic nitrogens is 4. The van der Waals surface area contributed by atoms with Crippen LogP contribution < -0.4 is 10.5 Å². The zero-order valence-electron chi connectivity index (χ0n) is 18.0. The summed E-state index contributed by atoms with van der Waals surface area (Å²) in [6.45, 7) is 1.85. The van der Waals surface area contributed by atoms with Gasteiger partial charge in [-0.3, -0.25) is 4.79 Å². The first-order valence-corrected chi connectivity index (χ1v) is 10.2. The van der Waals surface area contributed by atoms with E-state index in [-0.39, 0.29) is 17.3 Å². The van der Waals surface area contributed by atoms with Crippen LogP contribution in [0, 0.1) is 18.6 Å². The van der Waals surface area contributed by atoms with Gasteiger partial charge in [0.05, 0.1) is 11.9 Å². The molecule has 5 rings (SSSR count). The number of carbonyl (C=O) groups is 1. The predicted molar refractivity (Wildman–Crippen MR) is 122 cm³/mol. The van der Waals surface area contributed by atoms with Crippen LogP contribution in [0.25, 0.3) is 16.9 Å². The Balaban J connectivity index is 0.000000162. The molecule has 0 unspecified atom stereocenters. The molecule has 9 heteroatoms. The van der Waals surface area contributed by atoms with Crippen molar-refractivity contribution in [2.75, 3.05) is 0 Å². The SMILES string of the molecule is Cc1cc(Oc2ccccc2F)n2nccc2n1.NC(=O)c1cccc(-c2ccc(F)cc2)n1. The third-order valence-corrected chi connectivity index (χ3v) is 4.65. The van der Waals surface area contributed by atoms with E-state index in [9.17, 15) is 13.6 Å². The van der Waals surface area contributed by atoms with Gasteiger partial charge in [-0.1, -0.05) is 18.2 Å². The fraction of sp³-hybridized carbons (Fsp3) is 0.0400. The molecular formula is C25H19F2N5O2. The van der Waals surface area contributed by atoms with E-state index < -0.39 is 11.7 Å². The van der Waals surface area contributed by atoms with E-state index in [4.69, 9.17) is 10.5 Å². The summed E-state index contributed by atoms with van der Waals surface area (Å²) in [5.41, 5.74) is 8.11. The van der Waals surface area contributed by atoms with Crippen LogP contribution in [-0.2, 0) is 0 Å². The lowest BCUT2D eigenvalue weighted by Gasteiger charge is -2.08. The summed E-state index contributed by atoms with van der Waals surface area (Å²) < 4.78 is 33.3. The van der Waals surface area contributed by atoms with E-state index in [1.165, 1.54) is 28.8 Å². The Bertz CT molecular complexity index is 1450. The summed E-state index contributed by atoms with van der Waals surface area (Å²) in [5, 5.41) is 4.09. The van der Waals surface area contributed by atoms with Gasteiger partial charge in [-0.25, -0.2) is 18.7 Å². The number of ether oxygens (including phenoxy) is 1. The lowest BCUT2D eigenvalue weighted by atomic mass is 10.1. The number of pyridine rings is 1. The van der Waals surface area contributed by atoms with Crippen LogP contribution in [0.1, 0.15) is 16.2 Å². The second kappa shape index (κ2) is 9.86. The summed E-state index contributed by atoms with van der Waals surface area (Å²) in [6.07, 6.45) is 1.62. The lowest BCUT2D eigenvalue weighted by Crippen LogP contribution is -2.12. The number of halogens is 2. The molecule has 2 N–H and O–H groups in total. The molecule has 170 valence electrons. The predicted octanol–water partition coefficient (Wildman–Crippen LogP) is 4.96. The van der Waals surface area contributed by atoms with E-state index in [0.717, 1.165) is 11.3 Å². The Hall–Kier alpha value is -4.66. The molecule has 3 heterocycles. The molecule has 0 aliphatic rings. The fourth-order valence-corrected chi connectivity index (χ4v) is 3.07. The Morgan fingerprint density at radius 2 is 1.71 bits per heavy atom. The zero-order chi connectivity index (χ0) is 24.1. The van der Waals surface area contributed by atoms with Gasteiger partial charge in [-0.2, -0.15) is 9.61 Å². The maximum atomic E-state index is 13.5. The van der Waals surface area contributed by atoms with Gasteiger partial charge >= 0.3 is 0 Å². The summed E-state index contributed by atoms with van der Waals surface area (Å²) in [6, 6.07) is 20.6. The van der Waals surface area contributed by atoms with Gasteiger partial charge in [0.1, 0.15) is 11.5 Å². The van der Waals surface area contributed by atoms with Crippen molar-refractivity contribution in [3.8, 4) is 22.9 Å². The van der Waals surface area contributed by atoms with Crippen molar-refractivity contribution in [1.82, 2.24) is 19.6 Å². The molecule has 0 spiro atoms. The smallest absolute Gasteiger partial charge is 0.267 e. The van der Waals surface area contributed by atoms with Crippen LogP contribution in [-0.4, -0.2) is 25.5 Å². The van der Waals surface area contributed by atoms with Crippen molar-refractivity contribution in [3.05, 3.63) is 108 Å². The monoisotopic (exact) mass is 459 g/mol. The van der Waals surface area contributed by atoms with E-state index in [1.807, 2.05) is 6.92 Å². The van der Waals surface area contributed by atoms with Crippen LogP contribution in [0.15, 0.2) is 85.1 Å². The van der Waals surface area contributed by atoms with E-state index in [1.54, 1.807) is 60.8 Å². The maximum absolute atomic E-state index is 13.5. The summed E-state index contributed by atoms with van der Waals surface area (Å²) in [4.78, 5) is 19.3. The number of nitrogens with two attached hydrogens (primary N) is 1. The van der Waals surface area contributed by atoms with Crippen molar-refractivity contribution in [1.29, 1.82) is 0 Å². The third-order valence-electron chi connectivity index (χ3n) is 4.65. The molecule has 34 heavy (non-hydrogen) atoms. The summed E-state index contributed by atoms with van der Waals surface area (Å²) in [5.74, 6) is -0.696. The first-order chi connectivity index (χ1) is 16.4. The maximum Gasteiger partial charge on any atom is 0.267 e. The second-order valence-corrected chi connectivity index (χ2v) is 7.15. The standard InChI is InChI=1S/C13H10FN3O.C12H9FN2O/c1-9-8-13(17-12(16-9)6-7-15-17)18-11-5-3-2-4-10(11)14;13-9-6-4-8(5-7-9)10-2-1-3-11(15-10)12(14)16/h2-8H,1H3;1-7H,(H2,14,16). The van der Waals surface area contributed by atoms with Crippen molar-refractivity contribution >= 4 is 11.6 Å². The van der Waals surface area contributed by atoms with Gasteiger partial charge in [-0.05, 0) is 55.5 Å². The number of hydrogen-bond acceptors (Lipinski definition) is 5. The number of benzene rings is 2. The van der Waals surface area contributed by atoms with Crippen molar-refractivity contribution in [2.24, 2.45) is 5.73 Å². The van der Waals surface area contributed by atoms with Crippen LogP contribution in [0.5, 0.6) is 11.6 Å². The molecule has 0 bridgehead atoms. The highest BCUT2D eigenvalue weighted by Gasteiger charge is 2.09. The Kier molecular flexibility index (Phi) is 6.54. The average Bonchev–Trinajstić information content (AvgIpc) is 3.30. The molecule has 5 aromatic rings. The van der Waals surface area contributed by atoms with Crippen LogP contribution in [0.3, 0.4) is 0 Å². The largest absolute Gasteiger partial charge is 0.436 e. The minimum atomic E-state index is -0.580. The van der Waals surface area contributed by atoms with Gasteiger partial charge in [0.2, 0.25) is 5.88 Å². The van der Waals surface area contributed by atoms with Gasteiger partial charge < -0.3 is 10.5 Å². The molecule has 0 aliphatic carbocycles. The van der Waals surface area contributed by atoms with E-state index in [2.05, 4.69) is 15.1 Å². The fourth-order valence-electron chi connectivity index (χ4n) is 3.07. The highest BCUT2D eigenvalue weighted by atomic mass is 19.1. The van der Waals surface area contributed by atoms with Crippen LogP contribution in [0.2, 0.25) is 0 Å². The summed E-state index contributed by atoms with van der Waals surface area (Å²) >= 11 is 0. The van der Waals surface area contributed by atoms with E-state index >= 15 is 0 Å². The molecule has 7 nitrogen and oxygen atoms in total. The number of para-hydroxylation sites is 1. The van der Waals surface area contributed by atoms with Crippen molar-refractivity contribution in [3.63, 3.8) is 0 Å². The highest BCUT2D eigenvalue weighted by molar-refractivity contribution is 5.91. The third kappa shape index (κ3) is 5.21. The van der Waals surface area contributed by atoms with Crippen LogP contribution >= 0.6 is 0 Å². The molecule has 0 atom stereocenters. The Morgan fingerprint density at radius 3 is 2.44 bits per heavy atom. The molecule has 0 radical (unpaired) electrons. The minimum Gasteiger partial charge on any atom is -0.436 e. The Morgan fingerprint density at radius 1 is 0.941 bits per heavy atom. The van der Waals surface area contributed by atoms with E-state index in [0.29, 0.717) is 17.2 Å². The number of amides is 1. The highest BCUT2D eigenvalue weighted by Crippen LogP contribution is 2.24. The van der Waals surface area contributed by atoms with Gasteiger partial charge in [0, 0.05) is 23.4 Å². The number of primary amides is 1. The number of hydrogen-bond donors (Lipinski definition) is 1. The molecule has 0 fully saturated rings. The second-order valence-electron chi connectivity index (χ2n) is 7.15. The first kappa shape index (κ1) is 22.5. The lowest BCUT2D eigenvalue weighted by molar-refractivity contribution is 0.0995. The molecule has 3 aromatic heterocycles. The van der Waals surface area contributed by atoms with Gasteiger partial charge in [0.25, 0.3) is 5.91 Å². The number of nitrogens with zero attached hydrogens (tertiary/aromatic N) is 4. The van der Waals surface area contributed by atoms with Crippen LogP contribution in [0.4, 0.5) is 8.78 Å². The average molecular weight is 459 g/mol. The van der Waals surface area contributed by atoms with Gasteiger partial charge in [0.15, 0.2) is 17.2 Å². The quantitative estimate of drug-likeness (QED) is 0.410. The number of fused-ring (bicyclic) bond motifs is 1. The Labute approximate surface area is 193 Å². The topological polar surface area (TPSA) is 95.4 Å². The number of rotatable bonds is 4. The van der Waals surface area contributed by atoms with Gasteiger partial charge in [-0.15, -0.1) is 0 Å². The minimum absolute atomic E-state index is 0.167. The normalized spacial score (nSPS) is 10.4. The summed E-state index contributed by atoms with van der Waals surface area (Å²) in [7, 11) is 0. The molecular weight excluding hydrogens is 440 g/mol. The first-order valence-electron chi connectivity index (χ1n) is 10.2. The zero-order valence-corrected chi connectivity index (χ0v) is 18.0.